The number of methoxy groups -OCH3 is 1. The number of likely N-dealkylation sites (tertiary alicyclic amines) is 1. The smallest absolute Gasteiger partial charge is 0.310 e. The third-order valence-electron chi connectivity index (χ3n) is 5.77. The second-order valence-electron chi connectivity index (χ2n) is 7.63. The highest BCUT2D eigenvalue weighted by atomic mass is 16.5. The van der Waals surface area contributed by atoms with Crippen molar-refractivity contribution in [3.63, 3.8) is 0 Å². The van der Waals surface area contributed by atoms with E-state index in [1.807, 2.05) is 0 Å². The Morgan fingerprint density at radius 1 is 1.30 bits per heavy atom. The van der Waals surface area contributed by atoms with Gasteiger partial charge >= 0.3 is 5.97 Å². The van der Waals surface area contributed by atoms with Crippen LogP contribution < -0.4 is 5.32 Å². The van der Waals surface area contributed by atoms with Gasteiger partial charge in [0.15, 0.2) is 5.96 Å². The van der Waals surface area contributed by atoms with E-state index in [0.29, 0.717) is 6.54 Å². The maximum atomic E-state index is 11.9. The van der Waals surface area contributed by atoms with Gasteiger partial charge in [-0.2, -0.15) is 0 Å². The third kappa shape index (κ3) is 4.80. The summed E-state index contributed by atoms with van der Waals surface area (Å²) in [4.78, 5) is 21.0. The highest BCUT2D eigenvalue weighted by Gasteiger charge is 2.36. The summed E-state index contributed by atoms with van der Waals surface area (Å²) < 4.78 is 4.93. The summed E-state index contributed by atoms with van der Waals surface area (Å²) >= 11 is 0. The number of rotatable bonds is 5. The zero-order valence-corrected chi connectivity index (χ0v) is 16.8. The van der Waals surface area contributed by atoms with Gasteiger partial charge in [-0.15, -0.1) is 0 Å². The van der Waals surface area contributed by atoms with Gasteiger partial charge in [-0.25, -0.2) is 0 Å². The molecular weight excluding hydrogens is 340 g/mol. The highest BCUT2D eigenvalue weighted by Crippen LogP contribution is 2.24. The first kappa shape index (κ1) is 19.7. The van der Waals surface area contributed by atoms with E-state index in [2.05, 4.69) is 51.3 Å². The van der Waals surface area contributed by atoms with Crippen LogP contribution in [0.3, 0.4) is 0 Å². The molecule has 0 aliphatic carbocycles. The van der Waals surface area contributed by atoms with E-state index in [1.54, 1.807) is 7.05 Å². The first-order valence-electron chi connectivity index (χ1n) is 9.95. The molecule has 2 aliphatic rings. The van der Waals surface area contributed by atoms with Crippen LogP contribution in [0.2, 0.25) is 0 Å². The summed E-state index contributed by atoms with van der Waals surface area (Å²) in [7, 11) is 3.27. The molecule has 1 aromatic carbocycles. The lowest BCUT2D eigenvalue weighted by Gasteiger charge is -2.29. The number of benzene rings is 1. The van der Waals surface area contributed by atoms with E-state index in [9.17, 15) is 4.79 Å². The second-order valence-corrected chi connectivity index (χ2v) is 7.63. The third-order valence-corrected chi connectivity index (χ3v) is 5.77. The summed E-state index contributed by atoms with van der Waals surface area (Å²) in [6, 6.07) is 8.76. The molecule has 0 saturated carbocycles. The van der Waals surface area contributed by atoms with Gasteiger partial charge in [-0.05, 0) is 29.9 Å². The molecule has 1 saturated heterocycles. The van der Waals surface area contributed by atoms with Gasteiger partial charge < -0.3 is 15.0 Å². The van der Waals surface area contributed by atoms with E-state index in [0.717, 1.165) is 51.5 Å². The maximum Gasteiger partial charge on any atom is 0.310 e. The lowest BCUT2D eigenvalue weighted by Crippen LogP contribution is -2.42. The molecule has 1 N–H and O–H groups in total. The molecule has 0 spiro atoms. The summed E-state index contributed by atoms with van der Waals surface area (Å²) in [5, 5.41) is 3.47. The molecule has 1 fully saturated rings. The van der Waals surface area contributed by atoms with Crippen LogP contribution in [0, 0.1) is 11.8 Å². The van der Waals surface area contributed by atoms with Crippen LogP contribution in [-0.2, 0) is 22.5 Å². The molecule has 2 unspecified atom stereocenters. The number of guanidine groups is 1. The first-order valence-corrected chi connectivity index (χ1v) is 9.95. The number of esters is 1. The fraction of sp³-hybridized carbons (Fsp3) is 0.619. The van der Waals surface area contributed by atoms with Crippen molar-refractivity contribution >= 4 is 11.9 Å². The van der Waals surface area contributed by atoms with Crippen LogP contribution in [0.5, 0.6) is 0 Å². The molecule has 27 heavy (non-hydrogen) atoms. The van der Waals surface area contributed by atoms with Crippen LogP contribution >= 0.6 is 0 Å². The molecule has 0 amide bonds. The minimum absolute atomic E-state index is 0.0676. The SMILES string of the molecule is CN=C(NCCCN1CCc2ccccc2C1)N1CC(C)C(C(=O)OC)C1. The van der Waals surface area contributed by atoms with Crippen LogP contribution in [-0.4, -0.2) is 68.6 Å². The molecular formula is C21H32N4O2. The van der Waals surface area contributed by atoms with Crippen molar-refractivity contribution in [3.8, 4) is 0 Å². The van der Waals surface area contributed by atoms with Gasteiger partial charge in [0, 0.05) is 46.3 Å². The quantitative estimate of drug-likeness (QED) is 0.369. The molecule has 6 heteroatoms. The predicted octanol–water partition coefficient (Wildman–Crippen LogP) is 1.75. The Morgan fingerprint density at radius 3 is 2.81 bits per heavy atom. The molecule has 0 aromatic heterocycles. The molecule has 2 atom stereocenters. The number of fused-ring (bicyclic) bond motifs is 1. The van der Waals surface area contributed by atoms with Gasteiger partial charge in [-0.1, -0.05) is 31.2 Å². The Bertz CT molecular complexity index is 676. The Kier molecular flexibility index (Phi) is 6.72. The van der Waals surface area contributed by atoms with Crippen molar-refractivity contribution in [2.24, 2.45) is 16.8 Å². The number of hydrogen-bond acceptors (Lipinski definition) is 4. The lowest BCUT2D eigenvalue weighted by atomic mass is 9.99. The van der Waals surface area contributed by atoms with Gasteiger partial charge in [0.05, 0.1) is 13.0 Å². The number of carbonyl (C=O) groups excluding carboxylic acids is 1. The number of nitrogens with one attached hydrogen (secondary N) is 1. The normalized spacial score (nSPS) is 23.2. The van der Waals surface area contributed by atoms with Crippen molar-refractivity contribution in [1.82, 2.24) is 15.1 Å². The summed E-state index contributed by atoms with van der Waals surface area (Å²) in [5.41, 5.74) is 2.96. The van der Waals surface area contributed by atoms with Crippen LogP contribution in [0.4, 0.5) is 0 Å². The van der Waals surface area contributed by atoms with Crippen LogP contribution in [0.15, 0.2) is 29.3 Å². The minimum atomic E-state index is -0.120. The van der Waals surface area contributed by atoms with Gasteiger partial charge in [-0.3, -0.25) is 14.7 Å². The zero-order chi connectivity index (χ0) is 19.2. The van der Waals surface area contributed by atoms with Gasteiger partial charge in [0.2, 0.25) is 0 Å². The van der Waals surface area contributed by atoms with Gasteiger partial charge in [0.1, 0.15) is 0 Å². The summed E-state index contributed by atoms with van der Waals surface area (Å²) in [6.07, 6.45) is 2.22. The largest absolute Gasteiger partial charge is 0.469 e. The zero-order valence-electron chi connectivity index (χ0n) is 16.8. The van der Waals surface area contributed by atoms with Gasteiger partial charge in [0.25, 0.3) is 0 Å². The van der Waals surface area contributed by atoms with Crippen LogP contribution in [0.25, 0.3) is 0 Å². The highest BCUT2D eigenvalue weighted by molar-refractivity contribution is 5.82. The topological polar surface area (TPSA) is 57.2 Å². The summed E-state index contributed by atoms with van der Waals surface area (Å²) in [5.74, 6) is 0.981. The number of nitrogens with zero attached hydrogens (tertiary/aromatic N) is 3. The van der Waals surface area contributed by atoms with E-state index < -0.39 is 0 Å². The lowest BCUT2D eigenvalue weighted by molar-refractivity contribution is -0.145. The first-order chi connectivity index (χ1) is 13.1. The van der Waals surface area contributed by atoms with E-state index in [4.69, 9.17) is 4.74 Å². The van der Waals surface area contributed by atoms with E-state index in [1.165, 1.54) is 18.2 Å². The Morgan fingerprint density at radius 2 is 2.07 bits per heavy atom. The Hall–Kier alpha value is -2.08. The molecule has 6 nitrogen and oxygen atoms in total. The number of ether oxygens (including phenoxy) is 1. The second kappa shape index (κ2) is 9.22. The fourth-order valence-corrected chi connectivity index (χ4v) is 4.18. The van der Waals surface area contributed by atoms with Crippen molar-refractivity contribution in [2.75, 3.05) is 46.9 Å². The van der Waals surface area contributed by atoms with Crippen molar-refractivity contribution < 1.29 is 9.53 Å². The van der Waals surface area contributed by atoms with E-state index >= 15 is 0 Å². The fourth-order valence-electron chi connectivity index (χ4n) is 4.18. The molecule has 2 aliphatic heterocycles. The maximum absolute atomic E-state index is 11.9. The van der Waals surface area contributed by atoms with Crippen LogP contribution in [0.1, 0.15) is 24.5 Å². The molecule has 0 radical (unpaired) electrons. The standard InChI is InChI=1S/C21H32N4O2/c1-16-13-25(15-19(16)20(26)27-3)21(22-2)23-10-6-11-24-12-9-17-7-4-5-8-18(17)14-24/h4-5,7-8,16,19H,6,9-15H2,1-3H3,(H,22,23). The molecule has 0 bridgehead atoms. The minimum Gasteiger partial charge on any atom is -0.469 e. The average Bonchev–Trinajstić information content (AvgIpc) is 3.08. The average molecular weight is 373 g/mol. The number of aliphatic imine (C=N–C) groups is 1. The number of carbonyl (C=O) groups is 1. The molecule has 148 valence electrons. The molecule has 3 rings (SSSR count). The Labute approximate surface area is 162 Å². The monoisotopic (exact) mass is 372 g/mol. The van der Waals surface area contributed by atoms with E-state index in [-0.39, 0.29) is 17.8 Å². The van der Waals surface area contributed by atoms with Crippen molar-refractivity contribution in [3.05, 3.63) is 35.4 Å². The molecule has 1 aromatic rings. The van der Waals surface area contributed by atoms with Crippen molar-refractivity contribution in [1.29, 1.82) is 0 Å². The predicted molar refractivity (Wildman–Crippen MR) is 108 cm³/mol. The number of hydrogen-bond donors (Lipinski definition) is 1. The summed E-state index contributed by atoms with van der Waals surface area (Å²) in [6.45, 7) is 7.77. The Balaban J connectivity index is 1.41. The van der Waals surface area contributed by atoms with Crippen molar-refractivity contribution in [2.45, 2.75) is 26.3 Å². The molecule has 2 heterocycles.